The Morgan fingerprint density at radius 3 is 2.72 bits per heavy atom. The average molecular weight is 351 g/mol. The van der Waals surface area contributed by atoms with E-state index in [-0.39, 0.29) is 31.1 Å². The molecule has 0 aromatic heterocycles. The monoisotopic (exact) mass is 351 g/mol. The summed E-state index contributed by atoms with van der Waals surface area (Å²) in [7, 11) is 0. The minimum atomic E-state index is -0.810. The van der Waals surface area contributed by atoms with Gasteiger partial charge in [-0.3, -0.25) is 4.79 Å². The SMILES string of the molecule is O=C(c1ccccc1F)N1CCOC(COc2ccc(F)cc2F)C1. The summed E-state index contributed by atoms with van der Waals surface area (Å²) in [5.41, 5.74) is -0.00588. The van der Waals surface area contributed by atoms with E-state index in [2.05, 4.69) is 0 Å². The van der Waals surface area contributed by atoms with E-state index in [4.69, 9.17) is 9.47 Å². The molecule has 1 aliphatic heterocycles. The number of morpholine rings is 1. The van der Waals surface area contributed by atoms with Gasteiger partial charge in [-0.2, -0.15) is 0 Å². The molecule has 0 aliphatic carbocycles. The smallest absolute Gasteiger partial charge is 0.256 e. The Hall–Kier alpha value is -2.54. The van der Waals surface area contributed by atoms with Crippen LogP contribution in [-0.2, 0) is 4.74 Å². The minimum Gasteiger partial charge on any atom is -0.488 e. The minimum absolute atomic E-state index is 0.00588. The molecule has 1 unspecified atom stereocenters. The van der Waals surface area contributed by atoms with Gasteiger partial charge >= 0.3 is 0 Å². The molecule has 0 saturated carbocycles. The van der Waals surface area contributed by atoms with Gasteiger partial charge in [0.15, 0.2) is 11.6 Å². The fourth-order valence-electron chi connectivity index (χ4n) is 2.58. The highest BCUT2D eigenvalue weighted by Crippen LogP contribution is 2.19. The number of hydrogen-bond donors (Lipinski definition) is 0. The third-order valence-electron chi connectivity index (χ3n) is 3.85. The van der Waals surface area contributed by atoms with Gasteiger partial charge in [0.2, 0.25) is 0 Å². The maximum Gasteiger partial charge on any atom is 0.256 e. The number of benzene rings is 2. The van der Waals surface area contributed by atoms with Crippen molar-refractivity contribution in [2.75, 3.05) is 26.3 Å². The van der Waals surface area contributed by atoms with E-state index in [0.717, 1.165) is 12.1 Å². The predicted octanol–water partition coefficient (Wildman–Crippen LogP) is 3.02. The van der Waals surface area contributed by atoms with Gasteiger partial charge in [0.25, 0.3) is 5.91 Å². The van der Waals surface area contributed by atoms with Gasteiger partial charge in [-0.1, -0.05) is 12.1 Å². The zero-order valence-electron chi connectivity index (χ0n) is 13.3. The van der Waals surface area contributed by atoms with Gasteiger partial charge in [0, 0.05) is 12.6 Å². The van der Waals surface area contributed by atoms with Crippen molar-refractivity contribution in [2.45, 2.75) is 6.10 Å². The van der Waals surface area contributed by atoms with E-state index in [1.165, 1.54) is 29.2 Å². The standard InChI is InChI=1S/C18H16F3NO3/c19-12-5-6-17(16(21)9-12)25-11-13-10-22(7-8-24-13)18(23)14-3-1-2-4-15(14)20/h1-6,9,13H,7-8,10-11H2. The molecule has 0 N–H and O–H groups in total. The Morgan fingerprint density at radius 2 is 1.96 bits per heavy atom. The lowest BCUT2D eigenvalue weighted by Gasteiger charge is -2.33. The number of rotatable bonds is 4. The Labute approximate surface area is 142 Å². The maximum atomic E-state index is 13.8. The van der Waals surface area contributed by atoms with Crippen molar-refractivity contribution in [1.29, 1.82) is 0 Å². The molecule has 1 heterocycles. The van der Waals surface area contributed by atoms with Crippen molar-refractivity contribution in [2.24, 2.45) is 0 Å². The Bertz CT molecular complexity index is 769. The van der Waals surface area contributed by atoms with Gasteiger partial charge in [-0.15, -0.1) is 0 Å². The molecule has 4 nitrogen and oxygen atoms in total. The van der Waals surface area contributed by atoms with Crippen molar-refractivity contribution >= 4 is 5.91 Å². The van der Waals surface area contributed by atoms with E-state index in [1.54, 1.807) is 6.07 Å². The maximum absolute atomic E-state index is 13.8. The van der Waals surface area contributed by atoms with Crippen LogP contribution in [0.25, 0.3) is 0 Å². The van der Waals surface area contributed by atoms with Crippen LogP contribution in [0, 0.1) is 17.5 Å². The zero-order chi connectivity index (χ0) is 17.8. The first kappa shape index (κ1) is 17.3. The van der Waals surface area contributed by atoms with Crippen molar-refractivity contribution in [3.05, 3.63) is 65.5 Å². The zero-order valence-corrected chi connectivity index (χ0v) is 13.3. The summed E-state index contributed by atoms with van der Waals surface area (Å²) in [6.45, 7) is 0.772. The van der Waals surface area contributed by atoms with Crippen LogP contribution in [-0.4, -0.2) is 43.2 Å². The second-order valence-electron chi connectivity index (χ2n) is 5.61. The van der Waals surface area contributed by atoms with Gasteiger partial charge < -0.3 is 14.4 Å². The van der Waals surface area contributed by atoms with Crippen molar-refractivity contribution in [3.8, 4) is 5.75 Å². The topological polar surface area (TPSA) is 38.8 Å². The number of halogens is 3. The van der Waals surface area contributed by atoms with Crippen molar-refractivity contribution < 1.29 is 27.4 Å². The lowest BCUT2D eigenvalue weighted by molar-refractivity contribution is -0.0406. The summed E-state index contributed by atoms with van der Waals surface area (Å²) in [6, 6.07) is 8.76. The normalized spacial score (nSPS) is 17.4. The van der Waals surface area contributed by atoms with E-state index < -0.39 is 29.5 Å². The van der Waals surface area contributed by atoms with Crippen LogP contribution in [0.4, 0.5) is 13.2 Å². The van der Waals surface area contributed by atoms with Crippen molar-refractivity contribution in [3.63, 3.8) is 0 Å². The number of carbonyl (C=O) groups excluding carboxylic acids is 1. The van der Waals surface area contributed by atoms with Gasteiger partial charge in [0.1, 0.15) is 24.3 Å². The molecule has 0 spiro atoms. The Morgan fingerprint density at radius 1 is 1.16 bits per heavy atom. The quantitative estimate of drug-likeness (QED) is 0.850. The van der Waals surface area contributed by atoms with Crippen LogP contribution in [0.2, 0.25) is 0 Å². The number of nitrogens with zero attached hydrogens (tertiary/aromatic N) is 1. The largest absolute Gasteiger partial charge is 0.488 e. The number of ether oxygens (including phenoxy) is 2. The Kier molecular flexibility index (Phi) is 5.23. The van der Waals surface area contributed by atoms with Crippen LogP contribution in [0.1, 0.15) is 10.4 Å². The molecule has 3 rings (SSSR count). The molecule has 1 saturated heterocycles. The lowest BCUT2D eigenvalue weighted by Crippen LogP contribution is -2.47. The third kappa shape index (κ3) is 4.11. The van der Waals surface area contributed by atoms with Crippen molar-refractivity contribution in [1.82, 2.24) is 4.90 Å². The summed E-state index contributed by atoms with van der Waals surface area (Å²) in [5.74, 6) is -2.61. The van der Waals surface area contributed by atoms with Crippen LogP contribution in [0.5, 0.6) is 5.75 Å². The van der Waals surface area contributed by atoms with E-state index in [0.29, 0.717) is 6.54 Å². The molecule has 1 aliphatic rings. The predicted molar refractivity (Wildman–Crippen MR) is 83.9 cm³/mol. The summed E-state index contributed by atoms with van der Waals surface area (Å²) < 4.78 is 51.0. The first-order valence-electron chi connectivity index (χ1n) is 7.78. The van der Waals surface area contributed by atoms with Crippen LogP contribution in [0.3, 0.4) is 0 Å². The van der Waals surface area contributed by atoms with Gasteiger partial charge in [-0.05, 0) is 24.3 Å². The number of hydrogen-bond acceptors (Lipinski definition) is 3. The number of carbonyl (C=O) groups is 1. The molecule has 1 amide bonds. The molecule has 0 radical (unpaired) electrons. The molecule has 1 fully saturated rings. The van der Waals surface area contributed by atoms with Crippen LogP contribution < -0.4 is 4.74 Å². The summed E-state index contributed by atoms with van der Waals surface area (Å²) in [4.78, 5) is 13.9. The van der Waals surface area contributed by atoms with Gasteiger partial charge in [0.05, 0.1) is 18.7 Å². The molecule has 132 valence electrons. The Balaban J connectivity index is 1.61. The average Bonchev–Trinajstić information content (AvgIpc) is 2.61. The summed E-state index contributed by atoms with van der Waals surface area (Å²) in [5, 5.41) is 0. The lowest BCUT2D eigenvalue weighted by atomic mass is 10.1. The fraction of sp³-hybridized carbons (Fsp3) is 0.278. The molecule has 2 aromatic rings. The first-order valence-corrected chi connectivity index (χ1v) is 7.78. The fourth-order valence-corrected chi connectivity index (χ4v) is 2.58. The van der Waals surface area contributed by atoms with Gasteiger partial charge in [-0.25, -0.2) is 13.2 Å². The molecular weight excluding hydrogens is 335 g/mol. The van der Waals surface area contributed by atoms with E-state index in [1.807, 2.05) is 0 Å². The van der Waals surface area contributed by atoms with E-state index in [9.17, 15) is 18.0 Å². The molecule has 2 aromatic carbocycles. The highest BCUT2D eigenvalue weighted by Gasteiger charge is 2.27. The summed E-state index contributed by atoms with van der Waals surface area (Å²) in [6.07, 6.45) is -0.492. The summed E-state index contributed by atoms with van der Waals surface area (Å²) >= 11 is 0. The second kappa shape index (κ2) is 7.57. The first-order chi connectivity index (χ1) is 12.0. The number of amides is 1. The molecular formula is C18H16F3NO3. The highest BCUT2D eigenvalue weighted by molar-refractivity contribution is 5.94. The van der Waals surface area contributed by atoms with Crippen LogP contribution in [0.15, 0.2) is 42.5 Å². The van der Waals surface area contributed by atoms with E-state index >= 15 is 0 Å². The molecule has 0 bridgehead atoms. The second-order valence-corrected chi connectivity index (χ2v) is 5.61. The van der Waals surface area contributed by atoms with Crippen LogP contribution >= 0.6 is 0 Å². The molecule has 1 atom stereocenters. The molecule has 25 heavy (non-hydrogen) atoms. The highest BCUT2D eigenvalue weighted by atomic mass is 19.1. The molecule has 7 heteroatoms. The third-order valence-corrected chi connectivity index (χ3v) is 3.85.